The maximum Gasteiger partial charge on any atom is 0.377 e. The normalized spacial score (nSPS) is 18.9. The topological polar surface area (TPSA) is 76.2 Å². The minimum absolute atomic E-state index is 0.234. The molecule has 5 nitrogen and oxygen atoms in total. The zero-order valence-electron chi connectivity index (χ0n) is 7.83. The number of carboxylic acids is 1. The molecule has 1 aliphatic carbocycles. The summed E-state index contributed by atoms with van der Waals surface area (Å²) in [4.78, 5) is 13.9. The molecular formula is C8H8F2N2O3. The Labute approximate surface area is 83.1 Å². The molecule has 0 aliphatic heterocycles. The van der Waals surface area contributed by atoms with E-state index in [1.165, 1.54) is 0 Å². The smallest absolute Gasteiger partial charge is 0.377 e. The molecule has 1 saturated carbocycles. The molecule has 0 radical (unpaired) electrons. The van der Waals surface area contributed by atoms with Crippen molar-refractivity contribution in [3.05, 3.63) is 11.7 Å². The van der Waals surface area contributed by atoms with Crippen LogP contribution in [0.5, 0.6) is 0 Å². The van der Waals surface area contributed by atoms with Gasteiger partial charge in [0.1, 0.15) is 5.41 Å². The van der Waals surface area contributed by atoms with Crippen LogP contribution in [0.1, 0.15) is 36.3 Å². The maximum absolute atomic E-state index is 13.2. The van der Waals surface area contributed by atoms with Gasteiger partial charge in [0.25, 0.3) is 11.7 Å². The summed E-state index contributed by atoms with van der Waals surface area (Å²) in [6.07, 6.45) is 0.468. The summed E-state index contributed by atoms with van der Waals surface area (Å²) >= 11 is 0. The lowest BCUT2D eigenvalue weighted by molar-refractivity contribution is -0.0303. The van der Waals surface area contributed by atoms with Crippen LogP contribution in [-0.4, -0.2) is 27.1 Å². The van der Waals surface area contributed by atoms with Gasteiger partial charge in [-0.2, -0.15) is 4.98 Å². The fourth-order valence-electron chi connectivity index (χ4n) is 1.47. The quantitative estimate of drug-likeness (QED) is 0.830. The first-order valence-electron chi connectivity index (χ1n) is 4.32. The van der Waals surface area contributed by atoms with Gasteiger partial charge in [0.15, 0.2) is 0 Å². The van der Waals surface area contributed by atoms with Gasteiger partial charge in [0.05, 0.1) is 0 Å². The molecule has 2 rings (SSSR count). The third-order valence-electron chi connectivity index (χ3n) is 2.62. The predicted octanol–water partition coefficient (Wildman–Crippen LogP) is 1.45. The van der Waals surface area contributed by atoms with Crippen LogP contribution in [0.25, 0.3) is 0 Å². The highest BCUT2D eigenvalue weighted by molar-refractivity contribution is 5.82. The highest BCUT2D eigenvalue weighted by Crippen LogP contribution is 2.57. The largest absolute Gasteiger partial charge is 0.475 e. The third-order valence-corrected chi connectivity index (χ3v) is 2.62. The maximum atomic E-state index is 13.2. The fraction of sp³-hybridized carbons (Fsp3) is 0.625. The minimum atomic E-state index is -2.98. The number of alkyl halides is 2. The van der Waals surface area contributed by atoms with Gasteiger partial charge in [-0.1, -0.05) is 0 Å². The molecule has 1 aromatic rings. The van der Waals surface area contributed by atoms with Crippen molar-refractivity contribution in [2.45, 2.75) is 31.1 Å². The monoisotopic (exact) mass is 218 g/mol. The average Bonchev–Trinajstić information content (AvgIpc) is 2.77. The van der Waals surface area contributed by atoms with E-state index in [1.54, 1.807) is 0 Å². The van der Waals surface area contributed by atoms with E-state index in [-0.39, 0.29) is 18.7 Å². The van der Waals surface area contributed by atoms with E-state index in [0.29, 0.717) is 0 Å². The van der Waals surface area contributed by atoms with Crippen LogP contribution in [0.15, 0.2) is 4.52 Å². The second-order valence-corrected chi connectivity index (χ2v) is 3.70. The van der Waals surface area contributed by atoms with Gasteiger partial charge >= 0.3 is 5.97 Å². The average molecular weight is 218 g/mol. The Balaban J connectivity index is 2.35. The molecule has 0 unspecified atom stereocenters. The molecule has 1 aromatic heterocycles. The van der Waals surface area contributed by atoms with Crippen molar-refractivity contribution >= 4 is 5.97 Å². The van der Waals surface area contributed by atoms with Crippen molar-refractivity contribution in [1.29, 1.82) is 0 Å². The molecule has 0 atom stereocenters. The van der Waals surface area contributed by atoms with Crippen LogP contribution < -0.4 is 0 Å². The lowest BCUT2D eigenvalue weighted by atomic mass is 10.00. The number of nitrogens with zero attached hydrogens (tertiary/aromatic N) is 2. The number of rotatable bonds is 3. The molecule has 7 heteroatoms. The Morgan fingerprint density at radius 1 is 1.60 bits per heavy atom. The van der Waals surface area contributed by atoms with E-state index in [1.807, 2.05) is 0 Å². The molecule has 0 saturated heterocycles. The summed E-state index contributed by atoms with van der Waals surface area (Å²) < 4.78 is 30.9. The van der Waals surface area contributed by atoms with E-state index in [2.05, 4.69) is 14.7 Å². The first-order valence-corrected chi connectivity index (χ1v) is 4.32. The molecule has 1 heterocycles. The van der Waals surface area contributed by atoms with E-state index in [9.17, 15) is 13.6 Å². The Morgan fingerprint density at radius 2 is 2.20 bits per heavy atom. The van der Waals surface area contributed by atoms with Gasteiger partial charge in [0.2, 0.25) is 5.89 Å². The first-order chi connectivity index (χ1) is 6.87. The minimum Gasteiger partial charge on any atom is -0.475 e. The van der Waals surface area contributed by atoms with Crippen LogP contribution in [0.2, 0.25) is 0 Å². The summed E-state index contributed by atoms with van der Waals surface area (Å²) in [7, 11) is 0. The molecule has 82 valence electrons. The van der Waals surface area contributed by atoms with Crippen LogP contribution in [0.4, 0.5) is 8.78 Å². The summed E-state index contributed by atoms with van der Waals surface area (Å²) in [5.74, 6) is -5.23. The first kappa shape index (κ1) is 10.0. The number of hydrogen-bond acceptors (Lipinski definition) is 4. The second kappa shape index (κ2) is 2.74. The van der Waals surface area contributed by atoms with Crippen molar-refractivity contribution in [2.24, 2.45) is 0 Å². The number of hydrogen-bond donors (Lipinski definition) is 1. The molecule has 1 fully saturated rings. The lowest BCUT2D eigenvalue weighted by Gasteiger charge is -2.18. The highest BCUT2D eigenvalue weighted by atomic mass is 19.3. The third kappa shape index (κ3) is 1.38. The van der Waals surface area contributed by atoms with Gasteiger partial charge in [-0.25, -0.2) is 13.6 Å². The Morgan fingerprint density at radius 3 is 2.53 bits per heavy atom. The van der Waals surface area contributed by atoms with Crippen molar-refractivity contribution in [3.63, 3.8) is 0 Å². The Bertz CT molecular complexity index is 406. The fourth-order valence-corrected chi connectivity index (χ4v) is 1.47. The molecule has 1 aliphatic rings. The van der Waals surface area contributed by atoms with E-state index >= 15 is 0 Å². The van der Waals surface area contributed by atoms with Gasteiger partial charge in [-0.15, -0.1) is 0 Å². The number of carboxylic acid groups (broad SMARTS) is 1. The van der Waals surface area contributed by atoms with Gasteiger partial charge in [-0.05, 0) is 18.0 Å². The SMILES string of the molecule is CC(F)(F)C1(c2nc(C(=O)O)no2)CC1. The number of carbonyl (C=O) groups is 1. The molecule has 0 aromatic carbocycles. The van der Waals surface area contributed by atoms with Crippen LogP contribution in [-0.2, 0) is 5.41 Å². The Kier molecular flexibility index (Phi) is 1.83. The van der Waals surface area contributed by atoms with Crippen LogP contribution in [0.3, 0.4) is 0 Å². The zero-order chi connectivity index (χ0) is 11.3. The second-order valence-electron chi connectivity index (χ2n) is 3.70. The van der Waals surface area contributed by atoms with Crippen LogP contribution >= 0.6 is 0 Å². The van der Waals surface area contributed by atoms with Crippen molar-refractivity contribution < 1.29 is 23.2 Å². The van der Waals surface area contributed by atoms with Crippen molar-refractivity contribution in [2.75, 3.05) is 0 Å². The molecule has 1 N–H and O–H groups in total. The van der Waals surface area contributed by atoms with Gasteiger partial charge in [-0.3, -0.25) is 0 Å². The van der Waals surface area contributed by atoms with E-state index in [0.717, 1.165) is 6.92 Å². The van der Waals surface area contributed by atoms with E-state index in [4.69, 9.17) is 5.11 Å². The summed E-state index contributed by atoms with van der Waals surface area (Å²) in [6.45, 7) is 0.768. The molecular weight excluding hydrogens is 210 g/mol. The number of aromatic nitrogens is 2. The van der Waals surface area contributed by atoms with Gasteiger partial charge < -0.3 is 9.63 Å². The molecule has 0 bridgehead atoms. The van der Waals surface area contributed by atoms with Crippen molar-refractivity contribution in [1.82, 2.24) is 10.1 Å². The number of halogens is 2. The Hall–Kier alpha value is -1.53. The van der Waals surface area contributed by atoms with Gasteiger partial charge in [0, 0.05) is 6.92 Å². The lowest BCUT2D eigenvalue weighted by Crippen LogP contribution is -2.30. The summed E-state index contributed by atoms with van der Waals surface area (Å²) in [5.41, 5.74) is -1.45. The molecule has 15 heavy (non-hydrogen) atoms. The number of aromatic carboxylic acids is 1. The summed E-state index contributed by atoms with van der Waals surface area (Å²) in [6, 6.07) is 0. The molecule has 0 spiro atoms. The van der Waals surface area contributed by atoms with Crippen LogP contribution in [0, 0.1) is 0 Å². The molecule has 0 amide bonds. The van der Waals surface area contributed by atoms with Crippen molar-refractivity contribution in [3.8, 4) is 0 Å². The zero-order valence-corrected chi connectivity index (χ0v) is 7.83. The predicted molar refractivity (Wildman–Crippen MR) is 42.8 cm³/mol. The highest BCUT2D eigenvalue weighted by Gasteiger charge is 2.64. The summed E-state index contributed by atoms with van der Waals surface area (Å²) in [5, 5.41) is 11.6. The standard InChI is InChI=1S/C8H8F2N2O3/c1-7(9,10)8(2-3-8)6-11-4(5(13)14)12-15-6/h2-3H2,1H3,(H,13,14). The van der Waals surface area contributed by atoms with E-state index < -0.39 is 23.1 Å².